The molecule has 0 unspecified atom stereocenters. The predicted molar refractivity (Wildman–Crippen MR) is 117 cm³/mol. The Hall–Kier alpha value is -4.39. The molecule has 2 N–H and O–H groups in total. The van der Waals surface area contributed by atoms with Crippen molar-refractivity contribution in [3.8, 4) is 22.7 Å². The minimum absolute atomic E-state index is 0.225. The Labute approximate surface area is 179 Å². The van der Waals surface area contributed by atoms with Gasteiger partial charge in [0.05, 0.1) is 11.4 Å². The lowest BCUT2D eigenvalue weighted by molar-refractivity contribution is -0.123. The molecule has 0 aliphatic carbocycles. The number of hydrazine groups is 1. The second-order valence-electron chi connectivity index (χ2n) is 6.63. The van der Waals surface area contributed by atoms with E-state index in [1.165, 1.54) is 0 Å². The fourth-order valence-corrected chi connectivity index (χ4v) is 2.95. The van der Waals surface area contributed by atoms with E-state index in [1.807, 2.05) is 78.9 Å². The molecule has 7 heteroatoms. The van der Waals surface area contributed by atoms with Crippen LogP contribution in [0.1, 0.15) is 10.5 Å². The van der Waals surface area contributed by atoms with Crippen LogP contribution in [0, 0.1) is 0 Å². The molecule has 1 aromatic heterocycles. The van der Waals surface area contributed by atoms with Crippen LogP contribution in [0.3, 0.4) is 0 Å². The smallest absolute Gasteiger partial charge is 0.288 e. The first-order valence-corrected chi connectivity index (χ1v) is 9.68. The molecular weight excluding hydrogens is 392 g/mol. The third-order valence-electron chi connectivity index (χ3n) is 4.44. The van der Waals surface area contributed by atoms with Gasteiger partial charge in [0.25, 0.3) is 11.8 Å². The summed E-state index contributed by atoms with van der Waals surface area (Å²) in [6.45, 7) is -0.225. The van der Waals surface area contributed by atoms with Crippen LogP contribution in [0.15, 0.2) is 97.1 Å². The summed E-state index contributed by atoms with van der Waals surface area (Å²) in [5.74, 6) is -0.406. The number of aromatic nitrogens is 2. The number of ether oxygens (including phenoxy) is 1. The monoisotopic (exact) mass is 412 g/mol. The molecule has 0 aliphatic heterocycles. The highest BCUT2D eigenvalue weighted by molar-refractivity contribution is 5.95. The number of amides is 2. The second kappa shape index (κ2) is 9.41. The quantitative estimate of drug-likeness (QED) is 0.476. The molecule has 0 radical (unpaired) electrons. The standard InChI is InChI=1S/C24H20N4O3/c29-23(17-31-20-14-8-3-9-15-20)25-26-24(30)22-16-21(18-10-4-1-5-11-18)27-28(22)19-12-6-2-7-13-19/h1-16H,17H2,(H,25,29)(H,26,30). The Kier molecular flexibility index (Phi) is 6.04. The number of nitrogens with one attached hydrogen (secondary N) is 2. The molecule has 0 spiro atoms. The van der Waals surface area contributed by atoms with E-state index in [-0.39, 0.29) is 12.3 Å². The van der Waals surface area contributed by atoms with Crippen LogP contribution in [0.25, 0.3) is 16.9 Å². The van der Waals surface area contributed by atoms with Crippen molar-refractivity contribution in [3.05, 3.63) is 103 Å². The molecule has 4 rings (SSSR count). The van der Waals surface area contributed by atoms with Crippen molar-refractivity contribution < 1.29 is 14.3 Å². The Morgan fingerprint density at radius 3 is 2.10 bits per heavy atom. The van der Waals surface area contributed by atoms with Gasteiger partial charge in [-0.15, -0.1) is 0 Å². The first-order chi connectivity index (χ1) is 15.2. The molecule has 0 atom stereocenters. The summed E-state index contributed by atoms with van der Waals surface area (Å²) >= 11 is 0. The number of para-hydroxylation sites is 2. The van der Waals surface area contributed by atoms with Crippen molar-refractivity contribution in [2.24, 2.45) is 0 Å². The molecule has 31 heavy (non-hydrogen) atoms. The third kappa shape index (κ3) is 4.97. The number of hydrogen-bond donors (Lipinski definition) is 2. The molecule has 1 heterocycles. The van der Waals surface area contributed by atoms with Crippen molar-refractivity contribution in [1.29, 1.82) is 0 Å². The van der Waals surface area contributed by atoms with Gasteiger partial charge in [-0.3, -0.25) is 20.4 Å². The number of benzene rings is 3. The third-order valence-corrected chi connectivity index (χ3v) is 4.44. The molecule has 0 saturated heterocycles. The Morgan fingerprint density at radius 2 is 1.42 bits per heavy atom. The molecule has 0 bridgehead atoms. The van der Waals surface area contributed by atoms with Gasteiger partial charge < -0.3 is 4.74 Å². The van der Waals surface area contributed by atoms with Crippen LogP contribution in [0.4, 0.5) is 0 Å². The van der Waals surface area contributed by atoms with E-state index < -0.39 is 11.8 Å². The van der Waals surface area contributed by atoms with Crippen LogP contribution in [0.2, 0.25) is 0 Å². The van der Waals surface area contributed by atoms with E-state index in [2.05, 4.69) is 16.0 Å². The minimum Gasteiger partial charge on any atom is -0.484 e. The SMILES string of the molecule is O=C(COc1ccccc1)NNC(=O)c1cc(-c2ccccc2)nn1-c1ccccc1. The molecule has 2 amide bonds. The van der Waals surface area contributed by atoms with Crippen molar-refractivity contribution in [3.63, 3.8) is 0 Å². The maximum Gasteiger partial charge on any atom is 0.288 e. The summed E-state index contributed by atoms with van der Waals surface area (Å²) in [7, 11) is 0. The van der Waals surface area contributed by atoms with Crippen molar-refractivity contribution in [1.82, 2.24) is 20.6 Å². The van der Waals surface area contributed by atoms with E-state index in [1.54, 1.807) is 22.9 Å². The van der Waals surface area contributed by atoms with Crippen LogP contribution < -0.4 is 15.6 Å². The number of rotatable bonds is 6. The number of carbonyl (C=O) groups is 2. The normalized spacial score (nSPS) is 10.3. The lowest BCUT2D eigenvalue weighted by Gasteiger charge is -2.10. The molecule has 7 nitrogen and oxygen atoms in total. The molecule has 0 saturated carbocycles. The van der Waals surface area contributed by atoms with Crippen LogP contribution in [0.5, 0.6) is 5.75 Å². The van der Waals surface area contributed by atoms with Gasteiger partial charge >= 0.3 is 0 Å². The predicted octanol–water partition coefficient (Wildman–Crippen LogP) is 3.38. The van der Waals surface area contributed by atoms with Gasteiger partial charge in [-0.1, -0.05) is 66.7 Å². The number of nitrogens with zero attached hydrogens (tertiary/aromatic N) is 2. The van der Waals surface area contributed by atoms with Gasteiger partial charge in [0.15, 0.2) is 6.61 Å². The molecule has 154 valence electrons. The zero-order chi connectivity index (χ0) is 21.5. The highest BCUT2D eigenvalue weighted by Gasteiger charge is 2.18. The summed E-state index contributed by atoms with van der Waals surface area (Å²) in [5.41, 5.74) is 7.35. The van der Waals surface area contributed by atoms with E-state index in [4.69, 9.17) is 4.74 Å². The van der Waals surface area contributed by atoms with Crippen LogP contribution in [-0.2, 0) is 4.79 Å². The number of hydrogen-bond acceptors (Lipinski definition) is 4. The minimum atomic E-state index is -0.494. The summed E-state index contributed by atoms with van der Waals surface area (Å²) in [6, 6.07) is 29.5. The Bertz CT molecular complexity index is 1160. The van der Waals surface area contributed by atoms with Crippen LogP contribution in [-0.4, -0.2) is 28.2 Å². The Balaban J connectivity index is 1.49. The lowest BCUT2D eigenvalue weighted by Crippen LogP contribution is -2.44. The van der Waals surface area contributed by atoms with Crippen LogP contribution >= 0.6 is 0 Å². The van der Waals surface area contributed by atoms with Gasteiger partial charge in [-0.2, -0.15) is 5.10 Å². The van der Waals surface area contributed by atoms with E-state index in [0.717, 1.165) is 11.3 Å². The first-order valence-electron chi connectivity index (χ1n) is 9.68. The maximum atomic E-state index is 12.8. The molecule has 4 aromatic rings. The van der Waals surface area contributed by atoms with Crippen molar-refractivity contribution in [2.75, 3.05) is 6.61 Å². The highest BCUT2D eigenvalue weighted by Crippen LogP contribution is 2.21. The zero-order valence-corrected chi connectivity index (χ0v) is 16.6. The molecule has 0 aliphatic rings. The maximum absolute atomic E-state index is 12.8. The first kappa shape index (κ1) is 19.9. The zero-order valence-electron chi connectivity index (χ0n) is 16.6. The summed E-state index contributed by atoms with van der Waals surface area (Å²) in [5, 5.41) is 4.59. The van der Waals surface area contributed by atoms with E-state index in [9.17, 15) is 9.59 Å². The fraction of sp³-hybridized carbons (Fsp3) is 0.0417. The molecule has 0 fully saturated rings. The molecule has 3 aromatic carbocycles. The average molecular weight is 412 g/mol. The van der Waals surface area contributed by atoms with Gasteiger partial charge in [0.2, 0.25) is 0 Å². The van der Waals surface area contributed by atoms with Gasteiger partial charge in [0, 0.05) is 5.56 Å². The Morgan fingerprint density at radius 1 is 0.806 bits per heavy atom. The topological polar surface area (TPSA) is 85.2 Å². The van der Waals surface area contributed by atoms with E-state index >= 15 is 0 Å². The number of carbonyl (C=O) groups excluding carboxylic acids is 2. The molecular formula is C24H20N4O3. The van der Waals surface area contributed by atoms with E-state index in [0.29, 0.717) is 11.4 Å². The van der Waals surface area contributed by atoms with Gasteiger partial charge in [-0.25, -0.2) is 4.68 Å². The van der Waals surface area contributed by atoms with Gasteiger partial charge in [-0.05, 0) is 30.3 Å². The summed E-state index contributed by atoms with van der Waals surface area (Å²) < 4.78 is 6.93. The summed E-state index contributed by atoms with van der Waals surface area (Å²) in [4.78, 5) is 24.9. The van der Waals surface area contributed by atoms with Gasteiger partial charge in [0.1, 0.15) is 11.4 Å². The van der Waals surface area contributed by atoms with Crippen molar-refractivity contribution in [2.45, 2.75) is 0 Å². The fourth-order valence-electron chi connectivity index (χ4n) is 2.95. The second-order valence-corrected chi connectivity index (χ2v) is 6.63. The van der Waals surface area contributed by atoms with Crippen molar-refractivity contribution >= 4 is 11.8 Å². The highest BCUT2D eigenvalue weighted by atomic mass is 16.5. The summed E-state index contributed by atoms with van der Waals surface area (Å²) in [6.07, 6.45) is 0. The largest absolute Gasteiger partial charge is 0.484 e. The lowest BCUT2D eigenvalue weighted by atomic mass is 10.1. The average Bonchev–Trinajstić information content (AvgIpc) is 3.29.